The zero-order valence-electron chi connectivity index (χ0n) is 9.48. The van der Waals surface area contributed by atoms with Crippen LogP contribution in [0.25, 0.3) is 5.69 Å². The monoisotopic (exact) mass is 270 g/mol. The molecule has 0 atom stereocenters. The van der Waals surface area contributed by atoms with Crippen LogP contribution in [0.15, 0.2) is 30.3 Å². The van der Waals surface area contributed by atoms with Gasteiger partial charge in [0.05, 0.1) is 11.3 Å². The molecule has 0 fully saturated rings. The first kappa shape index (κ1) is 12.9. The van der Waals surface area contributed by atoms with Crippen molar-refractivity contribution >= 4 is 11.7 Å². The van der Waals surface area contributed by atoms with Crippen molar-refractivity contribution in [3.63, 3.8) is 0 Å². The third-order valence-electron chi connectivity index (χ3n) is 2.43. The number of carbonyl (C=O) groups is 1. The van der Waals surface area contributed by atoms with Crippen molar-refractivity contribution in [2.45, 2.75) is 6.18 Å². The number of hydrogen-bond donors (Lipinski definition) is 2. The summed E-state index contributed by atoms with van der Waals surface area (Å²) in [4.78, 5) is 10.9. The van der Waals surface area contributed by atoms with E-state index in [1.165, 1.54) is 18.2 Å². The standard InChI is InChI=1S/C11H9F3N4O/c12-11(13,14)6-1-3-7(4-2-6)18-9(15)5-8(17-18)10(16)19/h1-5H,15H2,(H2,16,19). The summed E-state index contributed by atoms with van der Waals surface area (Å²) in [6.45, 7) is 0. The number of aromatic nitrogens is 2. The predicted octanol–water partition coefficient (Wildman–Crippen LogP) is 1.57. The second kappa shape index (κ2) is 4.30. The van der Waals surface area contributed by atoms with Gasteiger partial charge in [0.1, 0.15) is 5.82 Å². The van der Waals surface area contributed by atoms with Crippen LogP contribution in [-0.2, 0) is 6.18 Å². The second-order valence-electron chi connectivity index (χ2n) is 3.78. The van der Waals surface area contributed by atoms with E-state index in [-0.39, 0.29) is 11.5 Å². The maximum atomic E-state index is 12.4. The van der Waals surface area contributed by atoms with Gasteiger partial charge in [-0.1, -0.05) is 0 Å². The number of alkyl halides is 3. The molecular weight excluding hydrogens is 261 g/mol. The Hall–Kier alpha value is -2.51. The molecule has 1 aromatic carbocycles. The van der Waals surface area contributed by atoms with Gasteiger partial charge < -0.3 is 11.5 Å². The smallest absolute Gasteiger partial charge is 0.384 e. The average Bonchev–Trinajstić information content (AvgIpc) is 2.70. The Labute approximate surface area is 105 Å². The minimum absolute atomic E-state index is 0.0580. The van der Waals surface area contributed by atoms with E-state index in [1.54, 1.807) is 0 Å². The number of anilines is 1. The molecule has 0 spiro atoms. The Morgan fingerprint density at radius 2 is 1.79 bits per heavy atom. The van der Waals surface area contributed by atoms with Gasteiger partial charge in [-0.05, 0) is 24.3 Å². The number of nitrogen functional groups attached to an aromatic ring is 1. The highest BCUT2D eigenvalue weighted by Gasteiger charge is 2.30. The van der Waals surface area contributed by atoms with Crippen molar-refractivity contribution in [1.29, 1.82) is 0 Å². The number of nitrogens with two attached hydrogens (primary N) is 2. The van der Waals surface area contributed by atoms with Gasteiger partial charge in [-0.15, -0.1) is 0 Å². The summed E-state index contributed by atoms with van der Waals surface area (Å²) in [7, 11) is 0. The molecule has 0 aliphatic rings. The van der Waals surface area contributed by atoms with Crippen LogP contribution in [0, 0.1) is 0 Å². The van der Waals surface area contributed by atoms with E-state index in [0.717, 1.165) is 16.8 Å². The lowest BCUT2D eigenvalue weighted by Gasteiger charge is -2.08. The SMILES string of the molecule is NC(=O)c1cc(N)n(-c2ccc(C(F)(F)F)cc2)n1. The van der Waals surface area contributed by atoms with E-state index < -0.39 is 17.6 Å². The fourth-order valence-corrected chi connectivity index (χ4v) is 1.51. The van der Waals surface area contributed by atoms with Crippen LogP contribution in [-0.4, -0.2) is 15.7 Å². The first-order valence-corrected chi connectivity index (χ1v) is 5.12. The predicted molar refractivity (Wildman–Crippen MR) is 61.5 cm³/mol. The number of rotatable bonds is 2. The summed E-state index contributed by atoms with van der Waals surface area (Å²) in [6, 6.07) is 5.47. The molecule has 0 unspecified atom stereocenters. The van der Waals surface area contributed by atoms with Gasteiger partial charge >= 0.3 is 6.18 Å². The highest BCUT2D eigenvalue weighted by atomic mass is 19.4. The van der Waals surface area contributed by atoms with Gasteiger partial charge in [-0.25, -0.2) is 4.68 Å². The van der Waals surface area contributed by atoms with E-state index in [0.29, 0.717) is 5.69 Å². The van der Waals surface area contributed by atoms with Crippen molar-refractivity contribution in [1.82, 2.24) is 9.78 Å². The van der Waals surface area contributed by atoms with E-state index in [4.69, 9.17) is 11.5 Å². The minimum Gasteiger partial charge on any atom is -0.384 e. The van der Waals surface area contributed by atoms with Gasteiger partial charge in [-0.3, -0.25) is 4.79 Å². The lowest BCUT2D eigenvalue weighted by atomic mass is 10.2. The highest BCUT2D eigenvalue weighted by molar-refractivity contribution is 5.91. The first-order chi connectivity index (χ1) is 8.79. The van der Waals surface area contributed by atoms with Gasteiger partial charge in [0, 0.05) is 6.07 Å². The quantitative estimate of drug-likeness (QED) is 0.868. The molecule has 1 heterocycles. The first-order valence-electron chi connectivity index (χ1n) is 5.12. The summed E-state index contributed by atoms with van der Waals surface area (Å²) in [5.41, 5.74) is 10.1. The lowest BCUT2D eigenvalue weighted by Crippen LogP contribution is -2.12. The van der Waals surface area contributed by atoms with Crippen LogP contribution in [0.2, 0.25) is 0 Å². The molecular formula is C11H9F3N4O. The number of amides is 1. The zero-order chi connectivity index (χ0) is 14.2. The van der Waals surface area contributed by atoms with Crippen LogP contribution in [0.5, 0.6) is 0 Å². The summed E-state index contributed by atoms with van der Waals surface area (Å²) in [5, 5.41) is 3.81. The van der Waals surface area contributed by atoms with Crippen LogP contribution < -0.4 is 11.5 Å². The molecule has 4 N–H and O–H groups in total. The third-order valence-corrected chi connectivity index (χ3v) is 2.43. The lowest BCUT2D eigenvalue weighted by molar-refractivity contribution is -0.137. The van der Waals surface area contributed by atoms with E-state index >= 15 is 0 Å². The van der Waals surface area contributed by atoms with Gasteiger partial charge in [0.2, 0.25) is 0 Å². The molecule has 19 heavy (non-hydrogen) atoms. The number of halogens is 3. The fourth-order valence-electron chi connectivity index (χ4n) is 1.51. The van der Waals surface area contributed by atoms with Crippen molar-refractivity contribution in [3.8, 4) is 5.69 Å². The molecule has 0 bridgehead atoms. The molecule has 0 saturated carbocycles. The Morgan fingerprint density at radius 1 is 1.21 bits per heavy atom. The van der Waals surface area contributed by atoms with Crippen LogP contribution in [0.4, 0.5) is 19.0 Å². The zero-order valence-corrected chi connectivity index (χ0v) is 9.48. The van der Waals surface area contributed by atoms with E-state index in [9.17, 15) is 18.0 Å². The molecule has 2 rings (SSSR count). The molecule has 1 amide bonds. The minimum atomic E-state index is -4.41. The second-order valence-corrected chi connectivity index (χ2v) is 3.78. The number of hydrogen-bond acceptors (Lipinski definition) is 3. The molecule has 0 radical (unpaired) electrons. The van der Waals surface area contributed by atoms with E-state index in [1.807, 2.05) is 0 Å². The molecule has 8 heteroatoms. The largest absolute Gasteiger partial charge is 0.416 e. The Morgan fingerprint density at radius 3 is 2.21 bits per heavy atom. The van der Waals surface area contributed by atoms with Crippen molar-refractivity contribution in [2.24, 2.45) is 5.73 Å². The molecule has 100 valence electrons. The van der Waals surface area contributed by atoms with Crippen molar-refractivity contribution in [2.75, 3.05) is 5.73 Å². The Bertz CT molecular complexity index is 616. The van der Waals surface area contributed by atoms with Crippen LogP contribution in [0.3, 0.4) is 0 Å². The average molecular weight is 270 g/mol. The summed E-state index contributed by atoms with van der Waals surface area (Å²) < 4.78 is 38.3. The van der Waals surface area contributed by atoms with Crippen molar-refractivity contribution in [3.05, 3.63) is 41.6 Å². The molecule has 0 saturated heterocycles. The summed E-state index contributed by atoms with van der Waals surface area (Å²) in [6.07, 6.45) is -4.41. The van der Waals surface area contributed by atoms with Crippen LogP contribution in [0.1, 0.15) is 16.1 Å². The maximum Gasteiger partial charge on any atom is 0.416 e. The van der Waals surface area contributed by atoms with E-state index in [2.05, 4.69) is 5.10 Å². The van der Waals surface area contributed by atoms with Gasteiger partial charge in [-0.2, -0.15) is 18.3 Å². The third kappa shape index (κ3) is 2.51. The number of primary amides is 1. The molecule has 5 nitrogen and oxygen atoms in total. The van der Waals surface area contributed by atoms with Gasteiger partial charge in [0.15, 0.2) is 5.69 Å². The maximum absolute atomic E-state index is 12.4. The summed E-state index contributed by atoms with van der Waals surface area (Å²) >= 11 is 0. The molecule has 0 aliphatic heterocycles. The molecule has 2 aromatic rings. The number of benzene rings is 1. The van der Waals surface area contributed by atoms with Gasteiger partial charge in [0.25, 0.3) is 5.91 Å². The molecule has 1 aromatic heterocycles. The Balaban J connectivity index is 2.40. The van der Waals surface area contributed by atoms with Crippen LogP contribution >= 0.6 is 0 Å². The topological polar surface area (TPSA) is 86.9 Å². The Kier molecular flexibility index (Phi) is 2.93. The number of nitrogens with zero attached hydrogens (tertiary/aromatic N) is 2. The normalized spacial score (nSPS) is 11.5. The summed E-state index contributed by atoms with van der Waals surface area (Å²) in [5.74, 6) is -0.661. The fraction of sp³-hybridized carbons (Fsp3) is 0.0909. The molecule has 0 aliphatic carbocycles. The number of carbonyl (C=O) groups excluding carboxylic acids is 1. The highest BCUT2D eigenvalue weighted by Crippen LogP contribution is 2.29. The van der Waals surface area contributed by atoms with Crippen molar-refractivity contribution < 1.29 is 18.0 Å².